The third-order valence-corrected chi connectivity index (χ3v) is 7.45. The lowest BCUT2D eigenvalue weighted by Gasteiger charge is -2.35. The lowest BCUT2D eigenvalue weighted by Crippen LogP contribution is -2.44. The van der Waals surface area contributed by atoms with Crippen LogP contribution in [-0.4, -0.2) is 65.5 Å². The Labute approximate surface area is 179 Å². The number of morpholine rings is 1. The Morgan fingerprint density at radius 2 is 1.83 bits per heavy atom. The van der Waals surface area contributed by atoms with Gasteiger partial charge in [-0.15, -0.1) is 0 Å². The summed E-state index contributed by atoms with van der Waals surface area (Å²) in [5.41, 5.74) is 4.84. The molecule has 2 aliphatic heterocycles. The zero-order valence-corrected chi connectivity index (χ0v) is 18.4. The minimum absolute atomic E-state index is 0.0107. The van der Waals surface area contributed by atoms with Crippen LogP contribution in [0.4, 0.5) is 5.69 Å². The first-order chi connectivity index (χ1) is 14.5. The second-order valence-electron chi connectivity index (χ2n) is 8.13. The van der Waals surface area contributed by atoms with Crippen molar-refractivity contribution >= 4 is 15.7 Å². The summed E-state index contributed by atoms with van der Waals surface area (Å²) in [6.45, 7) is 4.41. The average Bonchev–Trinajstić information content (AvgIpc) is 3.14. The van der Waals surface area contributed by atoms with Gasteiger partial charge in [-0.25, -0.2) is 13.1 Å². The maximum absolute atomic E-state index is 12.7. The molecule has 0 aliphatic carbocycles. The lowest BCUT2D eigenvalue weighted by atomic mass is 10.0. The molecule has 1 saturated heterocycles. The van der Waals surface area contributed by atoms with E-state index in [2.05, 4.69) is 39.8 Å². The average molecular weight is 430 g/mol. The van der Waals surface area contributed by atoms with Crippen LogP contribution < -0.4 is 9.62 Å². The number of anilines is 1. The largest absolute Gasteiger partial charge is 0.379 e. The first-order valence-corrected chi connectivity index (χ1v) is 12.3. The monoisotopic (exact) mass is 429 g/mol. The number of fused-ring (bicyclic) bond motifs is 1. The Balaban J connectivity index is 1.46. The van der Waals surface area contributed by atoms with Crippen molar-refractivity contribution < 1.29 is 13.2 Å². The molecule has 0 spiro atoms. The molecule has 0 aromatic heterocycles. The molecular formula is C23H31N3O3S. The van der Waals surface area contributed by atoms with E-state index in [9.17, 15) is 8.42 Å². The van der Waals surface area contributed by atoms with E-state index in [0.717, 1.165) is 31.6 Å². The zero-order chi connectivity index (χ0) is 21.0. The number of sulfonamides is 1. The van der Waals surface area contributed by atoms with Gasteiger partial charge in [0.2, 0.25) is 10.0 Å². The van der Waals surface area contributed by atoms with Crippen LogP contribution in [0.2, 0.25) is 0 Å². The topological polar surface area (TPSA) is 61.9 Å². The van der Waals surface area contributed by atoms with Crippen LogP contribution in [0, 0.1) is 0 Å². The van der Waals surface area contributed by atoms with Crippen LogP contribution in [0.5, 0.6) is 0 Å². The van der Waals surface area contributed by atoms with Gasteiger partial charge in [0.05, 0.1) is 19.0 Å². The third-order valence-electron chi connectivity index (χ3n) is 6.10. The fourth-order valence-corrected chi connectivity index (χ4v) is 5.38. The van der Waals surface area contributed by atoms with Crippen molar-refractivity contribution in [1.82, 2.24) is 9.62 Å². The number of ether oxygens (including phenoxy) is 1. The number of likely N-dealkylation sites (N-methyl/N-ethyl adjacent to an activating group) is 1. The Bertz CT molecular complexity index is 943. The van der Waals surface area contributed by atoms with Gasteiger partial charge in [-0.2, -0.15) is 0 Å². The highest BCUT2D eigenvalue weighted by Gasteiger charge is 2.26. The van der Waals surface area contributed by atoms with E-state index in [1.54, 1.807) is 0 Å². The molecule has 1 N–H and O–H groups in total. The predicted octanol–water partition coefficient (Wildman–Crippen LogP) is 2.21. The highest BCUT2D eigenvalue weighted by atomic mass is 32.2. The summed E-state index contributed by atoms with van der Waals surface area (Å²) in [6.07, 6.45) is 1.56. The van der Waals surface area contributed by atoms with Crippen LogP contribution in [0.15, 0.2) is 48.5 Å². The molecule has 0 amide bonds. The molecule has 1 atom stereocenters. The van der Waals surface area contributed by atoms with E-state index >= 15 is 0 Å². The summed E-state index contributed by atoms with van der Waals surface area (Å²) < 4.78 is 33.8. The maximum atomic E-state index is 12.7. The van der Waals surface area contributed by atoms with Gasteiger partial charge in [0.1, 0.15) is 0 Å². The molecule has 0 unspecified atom stereocenters. The first kappa shape index (κ1) is 21.3. The minimum atomic E-state index is -3.36. The highest BCUT2D eigenvalue weighted by Crippen LogP contribution is 2.31. The number of hydrogen-bond donors (Lipinski definition) is 1. The molecule has 0 saturated carbocycles. The molecule has 0 bridgehead atoms. The van der Waals surface area contributed by atoms with Crippen molar-refractivity contribution in [1.29, 1.82) is 0 Å². The van der Waals surface area contributed by atoms with Crippen LogP contribution >= 0.6 is 0 Å². The fraction of sp³-hybridized carbons (Fsp3) is 0.478. The van der Waals surface area contributed by atoms with E-state index in [1.165, 1.54) is 16.8 Å². The van der Waals surface area contributed by atoms with Crippen molar-refractivity contribution in [2.24, 2.45) is 0 Å². The van der Waals surface area contributed by atoms with Crippen molar-refractivity contribution in [3.05, 3.63) is 65.2 Å². The standard InChI is InChI=1S/C23H31N3O3S/c1-25-11-9-21-17-20(7-8-22(21)25)23(26-12-14-29-15-13-26)18-24-30(27,28)16-10-19-5-3-2-4-6-19/h2-8,17,23-24H,9-16,18H2,1H3/t23-/m1/s1. The number of hydrogen-bond acceptors (Lipinski definition) is 5. The predicted molar refractivity (Wildman–Crippen MR) is 120 cm³/mol. The van der Waals surface area contributed by atoms with E-state index in [0.29, 0.717) is 26.2 Å². The number of nitrogens with zero attached hydrogens (tertiary/aromatic N) is 2. The van der Waals surface area contributed by atoms with Gasteiger partial charge in [0.25, 0.3) is 0 Å². The molecule has 2 heterocycles. The van der Waals surface area contributed by atoms with Crippen LogP contribution in [0.1, 0.15) is 22.7 Å². The van der Waals surface area contributed by atoms with Gasteiger partial charge >= 0.3 is 0 Å². The molecule has 6 nitrogen and oxygen atoms in total. The lowest BCUT2D eigenvalue weighted by molar-refractivity contribution is 0.0172. The van der Waals surface area contributed by atoms with E-state index in [-0.39, 0.29) is 11.8 Å². The Kier molecular flexibility index (Phi) is 6.73. The van der Waals surface area contributed by atoms with Crippen LogP contribution in [-0.2, 0) is 27.6 Å². The minimum Gasteiger partial charge on any atom is -0.379 e. The van der Waals surface area contributed by atoms with Crippen LogP contribution in [0.3, 0.4) is 0 Å². The van der Waals surface area contributed by atoms with Gasteiger partial charge in [-0.05, 0) is 35.6 Å². The smallest absolute Gasteiger partial charge is 0.211 e. The summed E-state index contributed by atoms with van der Waals surface area (Å²) in [5.74, 6) is 0.0990. The SMILES string of the molecule is CN1CCc2cc([C@@H](CNS(=O)(=O)CCc3ccccc3)N3CCOCC3)ccc21. The highest BCUT2D eigenvalue weighted by molar-refractivity contribution is 7.89. The normalized spacial score (nSPS) is 18.4. The van der Waals surface area contributed by atoms with E-state index < -0.39 is 10.0 Å². The van der Waals surface area contributed by atoms with Crippen molar-refractivity contribution in [3.8, 4) is 0 Å². The molecular weight excluding hydrogens is 398 g/mol. The summed E-state index contributed by atoms with van der Waals surface area (Å²) >= 11 is 0. The number of rotatable bonds is 8. The third kappa shape index (κ3) is 5.21. The summed E-state index contributed by atoms with van der Waals surface area (Å²) in [4.78, 5) is 4.61. The van der Waals surface area contributed by atoms with Gasteiger partial charge < -0.3 is 9.64 Å². The second-order valence-corrected chi connectivity index (χ2v) is 10.1. The molecule has 7 heteroatoms. The maximum Gasteiger partial charge on any atom is 0.211 e. The number of aryl methyl sites for hydroxylation is 1. The van der Waals surface area contributed by atoms with Gasteiger partial charge in [0, 0.05) is 45.0 Å². The van der Waals surface area contributed by atoms with Gasteiger partial charge in [-0.3, -0.25) is 4.90 Å². The molecule has 30 heavy (non-hydrogen) atoms. The van der Waals surface area contributed by atoms with Crippen molar-refractivity contribution in [2.75, 3.05) is 57.1 Å². The summed E-state index contributed by atoms with van der Waals surface area (Å²) in [5, 5.41) is 0. The summed E-state index contributed by atoms with van der Waals surface area (Å²) in [7, 11) is -1.24. The second kappa shape index (κ2) is 9.47. The van der Waals surface area contributed by atoms with Crippen molar-refractivity contribution in [2.45, 2.75) is 18.9 Å². The van der Waals surface area contributed by atoms with Gasteiger partial charge in [0.15, 0.2) is 0 Å². The van der Waals surface area contributed by atoms with Crippen molar-refractivity contribution in [3.63, 3.8) is 0 Å². The quantitative estimate of drug-likeness (QED) is 0.697. The molecule has 162 valence electrons. The Morgan fingerprint density at radius 1 is 1.07 bits per heavy atom. The molecule has 0 radical (unpaired) electrons. The number of benzene rings is 2. The molecule has 4 rings (SSSR count). The van der Waals surface area contributed by atoms with E-state index in [1.807, 2.05) is 30.3 Å². The Morgan fingerprint density at radius 3 is 2.60 bits per heavy atom. The zero-order valence-electron chi connectivity index (χ0n) is 17.6. The molecule has 1 fully saturated rings. The van der Waals surface area contributed by atoms with Gasteiger partial charge in [-0.1, -0.05) is 42.5 Å². The Hall–Kier alpha value is -1.93. The fourth-order valence-electron chi connectivity index (χ4n) is 4.32. The summed E-state index contributed by atoms with van der Waals surface area (Å²) in [6, 6.07) is 16.4. The molecule has 2 aromatic rings. The number of nitrogens with one attached hydrogen (secondary N) is 1. The van der Waals surface area contributed by atoms with Crippen LogP contribution in [0.25, 0.3) is 0 Å². The van der Waals surface area contributed by atoms with E-state index in [4.69, 9.17) is 4.74 Å². The molecule has 2 aliphatic rings. The molecule has 2 aromatic carbocycles. The first-order valence-electron chi connectivity index (χ1n) is 10.7.